The monoisotopic (exact) mass is 337 g/mol. The maximum absolute atomic E-state index is 12.1. The van der Waals surface area contributed by atoms with Crippen LogP contribution in [-0.2, 0) is 11.3 Å². The van der Waals surface area contributed by atoms with Crippen molar-refractivity contribution in [3.63, 3.8) is 0 Å². The summed E-state index contributed by atoms with van der Waals surface area (Å²) < 4.78 is 0. The van der Waals surface area contributed by atoms with Gasteiger partial charge in [0.15, 0.2) is 0 Å². The highest BCUT2D eigenvalue weighted by Crippen LogP contribution is 2.51. The number of aromatic nitrogens is 2. The minimum absolute atomic E-state index is 0.202. The Hall–Kier alpha value is -2.27. The van der Waals surface area contributed by atoms with Gasteiger partial charge in [-0.05, 0) is 36.7 Å². The second-order valence-electron chi connectivity index (χ2n) is 7.46. The van der Waals surface area contributed by atoms with Gasteiger partial charge in [-0.2, -0.15) is 0 Å². The predicted molar refractivity (Wildman–Crippen MR) is 93.9 cm³/mol. The number of fused-ring (bicyclic) bond motifs is 1. The lowest BCUT2D eigenvalue weighted by Crippen LogP contribution is -2.42. The van der Waals surface area contributed by atoms with E-state index in [1.807, 2.05) is 18.5 Å². The van der Waals surface area contributed by atoms with Gasteiger partial charge in [-0.3, -0.25) is 9.69 Å². The molecule has 130 valence electrons. The first-order valence-corrected chi connectivity index (χ1v) is 8.92. The molecule has 4 rings (SSSR count). The molecule has 2 aromatic rings. The van der Waals surface area contributed by atoms with Gasteiger partial charge in [0.2, 0.25) is 0 Å². The number of likely N-dealkylation sites (tertiary alicyclic amines) is 1. The molecule has 0 spiro atoms. The Morgan fingerprint density at radius 1 is 1.24 bits per heavy atom. The van der Waals surface area contributed by atoms with E-state index in [0.717, 1.165) is 37.9 Å². The molecule has 0 amide bonds. The SMILES string of the molecule is O=C(O)[C@]12CC[C@H](c3ccccc3)C[C@H]1CN(Cc1cncnc1)C2. The van der Waals surface area contributed by atoms with Crippen LogP contribution >= 0.6 is 0 Å². The Bertz CT molecular complexity index is 737. The molecule has 1 aliphatic carbocycles. The molecule has 0 bridgehead atoms. The minimum Gasteiger partial charge on any atom is -0.481 e. The number of benzene rings is 1. The van der Waals surface area contributed by atoms with E-state index in [-0.39, 0.29) is 5.92 Å². The van der Waals surface area contributed by atoms with E-state index in [1.165, 1.54) is 11.9 Å². The first-order chi connectivity index (χ1) is 12.2. The molecule has 2 fully saturated rings. The fraction of sp³-hybridized carbons (Fsp3) is 0.450. The lowest BCUT2D eigenvalue weighted by molar-refractivity contribution is -0.152. The summed E-state index contributed by atoms with van der Waals surface area (Å²) in [5.74, 6) is 0.0445. The molecule has 3 atom stereocenters. The van der Waals surface area contributed by atoms with Crippen molar-refractivity contribution in [3.8, 4) is 0 Å². The molecule has 1 saturated heterocycles. The summed E-state index contributed by atoms with van der Waals surface area (Å²) in [4.78, 5) is 22.6. The summed E-state index contributed by atoms with van der Waals surface area (Å²) in [6.45, 7) is 2.19. The smallest absolute Gasteiger partial charge is 0.311 e. The zero-order valence-electron chi connectivity index (χ0n) is 14.2. The van der Waals surface area contributed by atoms with Crippen LogP contribution in [0.15, 0.2) is 49.1 Å². The molecule has 2 aliphatic rings. The van der Waals surface area contributed by atoms with Crippen molar-refractivity contribution in [3.05, 3.63) is 60.2 Å². The molecule has 1 N–H and O–H groups in total. The van der Waals surface area contributed by atoms with Gasteiger partial charge in [0.25, 0.3) is 0 Å². The molecule has 5 heteroatoms. The molecule has 0 radical (unpaired) electrons. The maximum atomic E-state index is 12.1. The number of hydrogen-bond acceptors (Lipinski definition) is 4. The first-order valence-electron chi connectivity index (χ1n) is 8.92. The highest BCUT2D eigenvalue weighted by Gasteiger charge is 2.54. The van der Waals surface area contributed by atoms with Crippen LogP contribution in [0.3, 0.4) is 0 Å². The minimum atomic E-state index is -0.629. The standard InChI is InChI=1S/C20H23N3O2/c24-19(25)20-7-6-17(16-4-2-1-3-5-16)8-18(20)12-23(13-20)11-15-9-21-14-22-10-15/h1-5,9-10,14,17-18H,6-8,11-13H2,(H,24,25)/t17-,18-,20-/m0/s1. The number of rotatable bonds is 4. The van der Waals surface area contributed by atoms with E-state index in [0.29, 0.717) is 12.5 Å². The van der Waals surface area contributed by atoms with Gasteiger partial charge in [0, 0.05) is 37.6 Å². The van der Waals surface area contributed by atoms with Crippen molar-refractivity contribution in [1.29, 1.82) is 0 Å². The van der Waals surface area contributed by atoms with Crippen molar-refractivity contribution in [1.82, 2.24) is 14.9 Å². The van der Waals surface area contributed by atoms with Crippen LogP contribution in [-0.4, -0.2) is 39.0 Å². The summed E-state index contributed by atoms with van der Waals surface area (Å²) in [7, 11) is 0. The number of carboxylic acid groups (broad SMARTS) is 1. The molecule has 1 aromatic heterocycles. The lowest BCUT2D eigenvalue weighted by Gasteiger charge is -2.38. The number of aliphatic carboxylic acids is 1. The molecule has 2 heterocycles. The highest BCUT2D eigenvalue weighted by atomic mass is 16.4. The van der Waals surface area contributed by atoms with Crippen LogP contribution in [0, 0.1) is 11.3 Å². The van der Waals surface area contributed by atoms with Gasteiger partial charge < -0.3 is 5.11 Å². The summed E-state index contributed by atoms with van der Waals surface area (Å²) >= 11 is 0. The van der Waals surface area contributed by atoms with Crippen molar-refractivity contribution < 1.29 is 9.90 Å². The topological polar surface area (TPSA) is 66.3 Å². The average Bonchev–Trinajstić information content (AvgIpc) is 3.01. The third-order valence-corrected chi connectivity index (χ3v) is 5.99. The third kappa shape index (κ3) is 3.04. The molecule has 1 aliphatic heterocycles. The van der Waals surface area contributed by atoms with Crippen molar-refractivity contribution in [2.24, 2.45) is 11.3 Å². The Balaban J connectivity index is 1.53. The molecule has 25 heavy (non-hydrogen) atoms. The second-order valence-corrected chi connectivity index (χ2v) is 7.46. The summed E-state index contributed by atoms with van der Waals surface area (Å²) in [5, 5.41) is 9.99. The van der Waals surface area contributed by atoms with E-state index in [2.05, 4.69) is 39.1 Å². The number of carboxylic acids is 1. The Kier molecular flexibility index (Phi) is 4.25. The average molecular weight is 337 g/mol. The summed E-state index contributed by atoms with van der Waals surface area (Å²) in [6, 6.07) is 10.5. The molecular weight excluding hydrogens is 314 g/mol. The fourth-order valence-electron chi connectivity index (χ4n) is 4.72. The van der Waals surface area contributed by atoms with Gasteiger partial charge in [-0.1, -0.05) is 30.3 Å². The maximum Gasteiger partial charge on any atom is 0.311 e. The molecule has 0 unspecified atom stereocenters. The van der Waals surface area contributed by atoms with Crippen LogP contribution in [0.1, 0.15) is 36.3 Å². The predicted octanol–water partition coefficient (Wildman–Crippen LogP) is 2.95. The van der Waals surface area contributed by atoms with Crippen LogP contribution < -0.4 is 0 Å². The van der Waals surface area contributed by atoms with E-state index in [1.54, 1.807) is 0 Å². The molecule has 1 saturated carbocycles. The van der Waals surface area contributed by atoms with Gasteiger partial charge in [-0.15, -0.1) is 0 Å². The van der Waals surface area contributed by atoms with Gasteiger partial charge >= 0.3 is 5.97 Å². The Morgan fingerprint density at radius 3 is 2.72 bits per heavy atom. The van der Waals surface area contributed by atoms with E-state index in [9.17, 15) is 9.90 Å². The summed E-state index contributed by atoms with van der Waals surface area (Å²) in [6.07, 6.45) is 7.82. The number of nitrogens with zero attached hydrogens (tertiary/aromatic N) is 3. The van der Waals surface area contributed by atoms with Crippen molar-refractivity contribution in [2.45, 2.75) is 31.7 Å². The zero-order chi connectivity index (χ0) is 17.3. The molecule has 5 nitrogen and oxygen atoms in total. The van der Waals surface area contributed by atoms with Gasteiger partial charge in [0.1, 0.15) is 6.33 Å². The normalized spacial score (nSPS) is 29.3. The fourth-order valence-corrected chi connectivity index (χ4v) is 4.72. The van der Waals surface area contributed by atoms with Crippen LogP contribution in [0.2, 0.25) is 0 Å². The molecular formula is C20H23N3O2. The second kappa shape index (κ2) is 6.56. The van der Waals surface area contributed by atoms with Crippen molar-refractivity contribution in [2.75, 3.05) is 13.1 Å². The van der Waals surface area contributed by atoms with E-state index >= 15 is 0 Å². The Labute approximate surface area is 147 Å². The quantitative estimate of drug-likeness (QED) is 0.929. The first kappa shape index (κ1) is 16.2. The Morgan fingerprint density at radius 2 is 2.00 bits per heavy atom. The zero-order valence-corrected chi connectivity index (χ0v) is 14.2. The van der Waals surface area contributed by atoms with Crippen LogP contribution in [0.5, 0.6) is 0 Å². The lowest BCUT2D eigenvalue weighted by atomic mass is 9.64. The van der Waals surface area contributed by atoms with Crippen LogP contribution in [0.4, 0.5) is 0 Å². The van der Waals surface area contributed by atoms with Gasteiger partial charge in [0.05, 0.1) is 5.41 Å². The van der Waals surface area contributed by atoms with Gasteiger partial charge in [-0.25, -0.2) is 9.97 Å². The number of hydrogen-bond donors (Lipinski definition) is 1. The third-order valence-electron chi connectivity index (χ3n) is 5.99. The van der Waals surface area contributed by atoms with E-state index in [4.69, 9.17) is 0 Å². The van der Waals surface area contributed by atoms with Crippen LogP contribution in [0.25, 0.3) is 0 Å². The largest absolute Gasteiger partial charge is 0.481 e. The number of carbonyl (C=O) groups is 1. The van der Waals surface area contributed by atoms with E-state index < -0.39 is 11.4 Å². The van der Waals surface area contributed by atoms with Crippen molar-refractivity contribution >= 4 is 5.97 Å². The summed E-state index contributed by atoms with van der Waals surface area (Å²) in [5.41, 5.74) is 1.79. The molecule has 1 aromatic carbocycles. The highest BCUT2D eigenvalue weighted by molar-refractivity contribution is 5.76.